The highest BCUT2D eigenvalue weighted by Gasteiger charge is 2.27. The van der Waals surface area contributed by atoms with Gasteiger partial charge in [0.2, 0.25) is 11.8 Å². The molecule has 6 nitrogen and oxygen atoms in total. The number of H-pyrrole nitrogens is 1. The van der Waals surface area contributed by atoms with Gasteiger partial charge in [0.25, 0.3) is 0 Å². The fourth-order valence-electron chi connectivity index (χ4n) is 3.38. The van der Waals surface area contributed by atoms with Gasteiger partial charge in [-0.1, -0.05) is 26.0 Å². The van der Waals surface area contributed by atoms with Gasteiger partial charge in [-0.3, -0.25) is 14.7 Å². The zero-order valence-corrected chi connectivity index (χ0v) is 15.7. The molecule has 0 unspecified atom stereocenters. The standard InChI is InChI=1S/C20H25FN4O2/c1-13(2)20(27)22-11-18(26)25-9-3-4-15(12-25)19-17(10-23-24-19)14-5-7-16(21)8-6-14/h5-8,10,13,15H,3-4,9,11-12H2,1-2H3,(H,22,27)(H,23,24)/t15-/m1/s1. The van der Waals surface area contributed by atoms with Crippen molar-refractivity contribution in [2.45, 2.75) is 32.6 Å². The molecule has 2 amide bonds. The zero-order chi connectivity index (χ0) is 19.4. The summed E-state index contributed by atoms with van der Waals surface area (Å²) in [5.41, 5.74) is 2.79. The number of nitrogens with zero attached hydrogens (tertiary/aromatic N) is 2. The van der Waals surface area contributed by atoms with Crippen LogP contribution < -0.4 is 5.32 Å². The summed E-state index contributed by atoms with van der Waals surface area (Å²) >= 11 is 0. The van der Waals surface area contributed by atoms with E-state index in [2.05, 4.69) is 15.5 Å². The first-order valence-electron chi connectivity index (χ1n) is 9.30. The van der Waals surface area contributed by atoms with Gasteiger partial charge in [0.05, 0.1) is 12.7 Å². The molecule has 1 aromatic carbocycles. The predicted octanol–water partition coefficient (Wildman–Crippen LogP) is 2.69. The Balaban J connectivity index is 1.68. The number of benzene rings is 1. The van der Waals surface area contributed by atoms with Crippen LogP contribution in [-0.4, -0.2) is 46.5 Å². The van der Waals surface area contributed by atoms with Gasteiger partial charge in [-0.05, 0) is 30.5 Å². The van der Waals surface area contributed by atoms with Crippen molar-refractivity contribution in [2.24, 2.45) is 5.92 Å². The van der Waals surface area contributed by atoms with E-state index >= 15 is 0 Å². The lowest BCUT2D eigenvalue weighted by molar-refractivity contribution is -0.134. The highest BCUT2D eigenvalue weighted by atomic mass is 19.1. The molecule has 1 aliphatic heterocycles. The summed E-state index contributed by atoms with van der Waals surface area (Å²) in [5.74, 6) is -0.483. The summed E-state index contributed by atoms with van der Waals surface area (Å²) in [6.45, 7) is 4.88. The van der Waals surface area contributed by atoms with Gasteiger partial charge in [0.15, 0.2) is 0 Å². The number of carbonyl (C=O) groups is 2. The molecule has 1 fully saturated rings. The van der Waals surface area contributed by atoms with Gasteiger partial charge >= 0.3 is 0 Å². The molecule has 3 rings (SSSR count). The maximum Gasteiger partial charge on any atom is 0.241 e. The number of hydrogen-bond donors (Lipinski definition) is 2. The Bertz CT molecular complexity index is 801. The van der Waals surface area contributed by atoms with Crippen LogP contribution in [0, 0.1) is 11.7 Å². The highest BCUT2D eigenvalue weighted by Crippen LogP contribution is 2.33. The summed E-state index contributed by atoms with van der Waals surface area (Å²) in [6.07, 6.45) is 3.57. The van der Waals surface area contributed by atoms with E-state index in [-0.39, 0.29) is 36.0 Å². The normalized spacial score (nSPS) is 17.2. The summed E-state index contributed by atoms with van der Waals surface area (Å²) in [4.78, 5) is 26.0. The second-order valence-electron chi connectivity index (χ2n) is 7.26. The van der Waals surface area contributed by atoms with Crippen molar-refractivity contribution in [3.05, 3.63) is 42.0 Å². The number of likely N-dealkylation sites (tertiary alicyclic amines) is 1. The van der Waals surface area contributed by atoms with Crippen molar-refractivity contribution in [2.75, 3.05) is 19.6 Å². The van der Waals surface area contributed by atoms with Crippen molar-refractivity contribution in [1.82, 2.24) is 20.4 Å². The second-order valence-corrected chi connectivity index (χ2v) is 7.26. The van der Waals surface area contributed by atoms with Crippen LogP contribution in [0.4, 0.5) is 4.39 Å². The number of rotatable bonds is 5. The minimum atomic E-state index is -0.276. The second kappa shape index (κ2) is 8.33. The molecule has 144 valence electrons. The van der Waals surface area contributed by atoms with Gasteiger partial charge < -0.3 is 10.2 Å². The number of halogens is 1. The van der Waals surface area contributed by atoms with Gasteiger partial charge in [-0.25, -0.2) is 4.39 Å². The Morgan fingerprint density at radius 3 is 2.78 bits per heavy atom. The number of hydrogen-bond acceptors (Lipinski definition) is 3. The van der Waals surface area contributed by atoms with E-state index in [0.29, 0.717) is 13.1 Å². The predicted molar refractivity (Wildman–Crippen MR) is 100 cm³/mol. The van der Waals surface area contributed by atoms with Gasteiger partial charge in [-0.15, -0.1) is 0 Å². The third-order valence-electron chi connectivity index (χ3n) is 4.94. The highest BCUT2D eigenvalue weighted by molar-refractivity contribution is 5.85. The summed E-state index contributed by atoms with van der Waals surface area (Å²) < 4.78 is 13.2. The van der Waals surface area contributed by atoms with Gasteiger partial charge in [0.1, 0.15) is 5.82 Å². The lowest BCUT2D eigenvalue weighted by Gasteiger charge is -2.33. The maximum atomic E-state index is 13.2. The smallest absolute Gasteiger partial charge is 0.241 e. The fourth-order valence-corrected chi connectivity index (χ4v) is 3.38. The lowest BCUT2D eigenvalue weighted by atomic mass is 9.90. The van der Waals surface area contributed by atoms with Crippen LogP contribution in [-0.2, 0) is 9.59 Å². The Morgan fingerprint density at radius 2 is 2.07 bits per heavy atom. The van der Waals surface area contributed by atoms with E-state index in [1.54, 1.807) is 37.1 Å². The maximum absolute atomic E-state index is 13.2. The van der Waals surface area contributed by atoms with Crippen LogP contribution in [0.2, 0.25) is 0 Å². The van der Waals surface area contributed by atoms with Crippen LogP contribution in [0.1, 0.15) is 38.3 Å². The first-order valence-corrected chi connectivity index (χ1v) is 9.30. The van der Waals surface area contributed by atoms with E-state index in [1.807, 2.05) is 0 Å². The molecular weight excluding hydrogens is 347 g/mol. The molecule has 0 spiro atoms. The zero-order valence-electron chi connectivity index (χ0n) is 15.7. The van der Waals surface area contributed by atoms with Crippen molar-refractivity contribution in [3.8, 4) is 11.1 Å². The molecular formula is C20H25FN4O2. The molecule has 0 radical (unpaired) electrons. The number of carbonyl (C=O) groups excluding carboxylic acids is 2. The molecule has 2 heterocycles. The number of aromatic amines is 1. The SMILES string of the molecule is CC(C)C(=O)NCC(=O)N1CCC[C@@H](c2[nH]ncc2-c2ccc(F)cc2)C1. The largest absolute Gasteiger partial charge is 0.347 e. The van der Waals surface area contributed by atoms with E-state index in [0.717, 1.165) is 29.7 Å². The van der Waals surface area contributed by atoms with Crippen molar-refractivity contribution < 1.29 is 14.0 Å². The van der Waals surface area contributed by atoms with Crippen molar-refractivity contribution in [1.29, 1.82) is 0 Å². The fraction of sp³-hybridized carbons (Fsp3) is 0.450. The number of nitrogens with one attached hydrogen (secondary N) is 2. The van der Waals surface area contributed by atoms with Crippen LogP contribution in [0.15, 0.2) is 30.5 Å². The molecule has 2 aromatic rings. The molecule has 7 heteroatoms. The van der Waals surface area contributed by atoms with Crippen molar-refractivity contribution >= 4 is 11.8 Å². The average Bonchev–Trinajstić information content (AvgIpc) is 3.16. The quantitative estimate of drug-likeness (QED) is 0.847. The number of piperidine rings is 1. The van der Waals surface area contributed by atoms with E-state index < -0.39 is 0 Å². The topological polar surface area (TPSA) is 78.1 Å². The molecule has 1 aromatic heterocycles. The Morgan fingerprint density at radius 1 is 1.33 bits per heavy atom. The van der Waals surface area contributed by atoms with Crippen LogP contribution in [0.25, 0.3) is 11.1 Å². The van der Waals surface area contributed by atoms with Crippen molar-refractivity contribution in [3.63, 3.8) is 0 Å². The number of aromatic nitrogens is 2. The molecule has 0 saturated carbocycles. The average molecular weight is 372 g/mol. The van der Waals surface area contributed by atoms with Crippen LogP contribution in [0.5, 0.6) is 0 Å². The molecule has 0 bridgehead atoms. The number of amides is 2. The molecule has 2 N–H and O–H groups in total. The molecule has 27 heavy (non-hydrogen) atoms. The minimum Gasteiger partial charge on any atom is -0.347 e. The summed E-state index contributed by atoms with van der Waals surface area (Å²) in [5, 5.41) is 9.91. The summed E-state index contributed by atoms with van der Waals surface area (Å²) in [7, 11) is 0. The Kier molecular flexibility index (Phi) is 5.88. The Hall–Kier alpha value is -2.70. The molecule has 1 aliphatic rings. The minimum absolute atomic E-state index is 0.0253. The summed E-state index contributed by atoms with van der Waals surface area (Å²) in [6, 6.07) is 6.33. The van der Waals surface area contributed by atoms with Gasteiger partial charge in [-0.2, -0.15) is 5.10 Å². The van der Waals surface area contributed by atoms with Crippen LogP contribution >= 0.6 is 0 Å². The third kappa shape index (κ3) is 4.53. The molecule has 0 aliphatic carbocycles. The van der Waals surface area contributed by atoms with Gasteiger partial charge in [0, 0.05) is 36.2 Å². The first kappa shape index (κ1) is 19.1. The van der Waals surface area contributed by atoms with E-state index in [1.165, 1.54) is 12.1 Å². The molecule has 1 saturated heterocycles. The van der Waals surface area contributed by atoms with E-state index in [4.69, 9.17) is 0 Å². The monoisotopic (exact) mass is 372 g/mol. The van der Waals surface area contributed by atoms with Crippen LogP contribution in [0.3, 0.4) is 0 Å². The first-order chi connectivity index (χ1) is 13.0. The lowest BCUT2D eigenvalue weighted by Crippen LogP contribution is -2.45. The Labute approximate surface area is 158 Å². The molecule has 1 atom stereocenters. The van der Waals surface area contributed by atoms with E-state index in [9.17, 15) is 14.0 Å². The third-order valence-corrected chi connectivity index (χ3v) is 4.94.